The zero-order valence-electron chi connectivity index (χ0n) is 20.0. The highest BCUT2D eigenvalue weighted by molar-refractivity contribution is 5.89. The molecule has 5 rings (SSSR count). The number of morpholine rings is 1. The molecule has 0 N–H and O–H groups in total. The zero-order valence-corrected chi connectivity index (χ0v) is 20.0. The summed E-state index contributed by atoms with van der Waals surface area (Å²) in [5.41, 5.74) is 4.23. The second kappa shape index (κ2) is 9.80. The van der Waals surface area contributed by atoms with E-state index in [9.17, 15) is 4.79 Å². The van der Waals surface area contributed by atoms with Crippen LogP contribution in [0, 0.1) is 6.92 Å². The van der Waals surface area contributed by atoms with E-state index in [0.29, 0.717) is 17.8 Å². The SMILES string of the molecule is CC.Cc1ccc(Cn2c(=O)n3ncnc3c3cc(CN4CC(C)OC(C)C4)cnc32)cc1. The molecule has 33 heavy (non-hydrogen) atoms. The average Bonchev–Trinajstić information content (AvgIpc) is 3.29. The summed E-state index contributed by atoms with van der Waals surface area (Å²) in [6.45, 7) is 13.2. The van der Waals surface area contributed by atoms with Crippen molar-refractivity contribution < 1.29 is 4.74 Å². The molecule has 0 radical (unpaired) electrons. The van der Waals surface area contributed by atoms with Crippen molar-refractivity contribution in [2.45, 2.75) is 59.9 Å². The van der Waals surface area contributed by atoms with E-state index in [1.165, 1.54) is 16.4 Å². The third-order valence-electron chi connectivity index (χ3n) is 5.74. The number of aromatic nitrogens is 5. The van der Waals surface area contributed by atoms with Crippen molar-refractivity contribution in [2.75, 3.05) is 13.1 Å². The van der Waals surface area contributed by atoms with Gasteiger partial charge in [0.15, 0.2) is 5.65 Å². The Morgan fingerprint density at radius 1 is 0.970 bits per heavy atom. The lowest BCUT2D eigenvalue weighted by molar-refractivity contribution is -0.0705. The number of ether oxygens (including phenoxy) is 1. The fraction of sp³-hybridized carbons (Fsp3) is 0.440. The lowest BCUT2D eigenvalue weighted by Crippen LogP contribution is -2.44. The molecule has 2 atom stereocenters. The molecule has 0 bridgehead atoms. The quantitative estimate of drug-likeness (QED) is 0.476. The number of hydrogen-bond donors (Lipinski definition) is 0. The van der Waals surface area contributed by atoms with Gasteiger partial charge >= 0.3 is 5.69 Å². The van der Waals surface area contributed by atoms with Gasteiger partial charge in [-0.25, -0.2) is 14.8 Å². The number of nitrogens with zero attached hydrogens (tertiary/aromatic N) is 6. The normalized spacial score (nSPS) is 18.9. The molecule has 4 heterocycles. The van der Waals surface area contributed by atoms with Crippen LogP contribution in [0.3, 0.4) is 0 Å². The van der Waals surface area contributed by atoms with Gasteiger partial charge in [0.05, 0.1) is 24.1 Å². The zero-order chi connectivity index (χ0) is 23.5. The van der Waals surface area contributed by atoms with E-state index in [4.69, 9.17) is 9.72 Å². The molecule has 1 saturated heterocycles. The fourth-order valence-electron chi connectivity index (χ4n) is 4.43. The molecule has 1 aliphatic heterocycles. The minimum absolute atomic E-state index is 0.208. The second-order valence-corrected chi connectivity index (χ2v) is 8.52. The number of aryl methyl sites for hydroxylation is 1. The summed E-state index contributed by atoms with van der Waals surface area (Å²) in [4.78, 5) is 24.5. The van der Waals surface area contributed by atoms with Crippen LogP contribution < -0.4 is 5.69 Å². The molecule has 1 aromatic carbocycles. The van der Waals surface area contributed by atoms with Gasteiger partial charge in [-0.1, -0.05) is 43.7 Å². The van der Waals surface area contributed by atoms with Crippen LogP contribution in [0.15, 0.2) is 47.7 Å². The molecular weight excluding hydrogens is 416 g/mol. The highest BCUT2D eigenvalue weighted by atomic mass is 16.5. The van der Waals surface area contributed by atoms with E-state index >= 15 is 0 Å². The Hall–Kier alpha value is -3.10. The van der Waals surface area contributed by atoms with Gasteiger partial charge in [0.2, 0.25) is 0 Å². The third kappa shape index (κ3) is 4.82. The molecule has 0 saturated carbocycles. The van der Waals surface area contributed by atoms with Crippen molar-refractivity contribution in [2.24, 2.45) is 0 Å². The first-order valence-corrected chi connectivity index (χ1v) is 11.6. The molecule has 0 aliphatic carbocycles. The Morgan fingerprint density at radius 3 is 2.36 bits per heavy atom. The Morgan fingerprint density at radius 2 is 1.67 bits per heavy atom. The van der Waals surface area contributed by atoms with Crippen molar-refractivity contribution in [3.63, 3.8) is 0 Å². The topological polar surface area (TPSA) is 77.5 Å². The predicted molar refractivity (Wildman–Crippen MR) is 129 cm³/mol. The largest absolute Gasteiger partial charge is 0.373 e. The van der Waals surface area contributed by atoms with Crippen LogP contribution in [0.25, 0.3) is 16.7 Å². The van der Waals surface area contributed by atoms with Crippen LogP contribution in [0.1, 0.15) is 44.4 Å². The van der Waals surface area contributed by atoms with Crippen LogP contribution in [-0.4, -0.2) is 54.3 Å². The first-order valence-electron chi connectivity index (χ1n) is 11.6. The summed E-state index contributed by atoms with van der Waals surface area (Å²) >= 11 is 0. The molecule has 0 amide bonds. The Balaban J connectivity index is 0.00000126. The average molecular weight is 449 g/mol. The number of benzene rings is 1. The van der Waals surface area contributed by atoms with Gasteiger partial charge in [-0.05, 0) is 38.0 Å². The molecule has 8 heteroatoms. The lowest BCUT2D eigenvalue weighted by Gasteiger charge is -2.35. The van der Waals surface area contributed by atoms with Gasteiger partial charge in [-0.15, -0.1) is 0 Å². The molecule has 3 aromatic heterocycles. The van der Waals surface area contributed by atoms with Gasteiger partial charge < -0.3 is 4.74 Å². The lowest BCUT2D eigenvalue weighted by atomic mass is 10.1. The summed E-state index contributed by atoms with van der Waals surface area (Å²) in [6.07, 6.45) is 3.70. The number of hydrogen-bond acceptors (Lipinski definition) is 6. The highest BCUT2D eigenvalue weighted by Gasteiger charge is 2.23. The van der Waals surface area contributed by atoms with Gasteiger partial charge in [-0.3, -0.25) is 9.47 Å². The van der Waals surface area contributed by atoms with Crippen LogP contribution in [0.2, 0.25) is 0 Å². The minimum Gasteiger partial charge on any atom is -0.373 e. The maximum absolute atomic E-state index is 13.1. The summed E-state index contributed by atoms with van der Waals surface area (Å²) in [7, 11) is 0. The first-order chi connectivity index (χ1) is 16.0. The molecule has 2 unspecified atom stereocenters. The smallest absolute Gasteiger partial charge is 0.352 e. The van der Waals surface area contributed by atoms with Crippen molar-refractivity contribution in [3.05, 3.63) is 70.0 Å². The first kappa shape index (κ1) is 23.1. The van der Waals surface area contributed by atoms with Crippen molar-refractivity contribution >= 4 is 16.7 Å². The number of rotatable bonds is 4. The van der Waals surface area contributed by atoms with Crippen LogP contribution in [-0.2, 0) is 17.8 Å². The predicted octanol–water partition coefficient (Wildman–Crippen LogP) is 3.43. The van der Waals surface area contributed by atoms with Gasteiger partial charge in [0.25, 0.3) is 0 Å². The van der Waals surface area contributed by atoms with Crippen LogP contribution in [0.5, 0.6) is 0 Å². The summed E-state index contributed by atoms with van der Waals surface area (Å²) < 4.78 is 8.88. The van der Waals surface area contributed by atoms with Gasteiger partial charge in [0.1, 0.15) is 12.0 Å². The van der Waals surface area contributed by atoms with Crippen molar-refractivity contribution in [1.29, 1.82) is 0 Å². The van der Waals surface area contributed by atoms with Gasteiger partial charge in [0, 0.05) is 25.8 Å². The third-order valence-corrected chi connectivity index (χ3v) is 5.74. The number of fused-ring (bicyclic) bond motifs is 3. The molecule has 1 aliphatic rings. The van der Waals surface area contributed by atoms with E-state index in [0.717, 1.165) is 36.1 Å². The van der Waals surface area contributed by atoms with Crippen LogP contribution >= 0.6 is 0 Å². The fourth-order valence-corrected chi connectivity index (χ4v) is 4.43. The highest BCUT2D eigenvalue weighted by Crippen LogP contribution is 2.20. The van der Waals surface area contributed by atoms with Crippen molar-refractivity contribution in [1.82, 2.24) is 29.0 Å². The van der Waals surface area contributed by atoms with E-state index in [2.05, 4.69) is 34.9 Å². The van der Waals surface area contributed by atoms with E-state index in [1.807, 2.05) is 51.2 Å². The summed E-state index contributed by atoms with van der Waals surface area (Å²) in [5, 5.41) is 5.00. The minimum atomic E-state index is -0.239. The Kier molecular flexibility index (Phi) is 6.85. The molecule has 4 aromatic rings. The molecule has 174 valence electrons. The number of pyridine rings is 1. The maximum Gasteiger partial charge on any atom is 0.352 e. The van der Waals surface area contributed by atoms with E-state index in [-0.39, 0.29) is 17.9 Å². The molecule has 8 nitrogen and oxygen atoms in total. The summed E-state index contributed by atoms with van der Waals surface area (Å²) in [6, 6.07) is 10.3. The van der Waals surface area contributed by atoms with E-state index in [1.54, 1.807) is 4.57 Å². The molecule has 0 spiro atoms. The Bertz CT molecular complexity index is 1280. The molecular formula is C25H32N6O2. The Labute approximate surface area is 193 Å². The second-order valence-electron chi connectivity index (χ2n) is 8.52. The van der Waals surface area contributed by atoms with Crippen molar-refractivity contribution in [3.8, 4) is 0 Å². The standard InChI is InChI=1S/C23H26N6O2.C2H6/c1-15-4-6-18(7-5-15)13-28-21-20(22-25-14-26-29(22)23(28)30)8-19(9-24-21)12-27-10-16(2)31-17(3)11-27;1-2/h4-9,14,16-17H,10-13H2,1-3H3;1-2H3. The molecule has 1 fully saturated rings. The van der Waals surface area contributed by atoms with E-state index < -0.39 is 0 Å². The monoisotopic (exact) mass is 448 g/mol. The van der Waals surface area contributed by atoms with Crippen LogP contribution in [0.4, 0.5) is 0 Å². The summed E-state index contributed by atoms with van der Waals surface area (Å²) in [5.74, 6) is 0. The maximum atomic E-state index is 13.1. The van der Waals surface area contributed by atoms with Gasteiger partial charge in [-0.2, -0.15) is 9.61 Å².